The molecule has 4 nitrogen and oxygen atoms in total. The Balaban J connectivity index is 3.58. The van der Waals surface area contributed by atoms with Gasteiger partial charge < -0.3 is 0 Å². The fourth-order valence-electron chi connectivity index (χ4n) is 1.66. The molecule has 0 aromatic heterocycles. The third-order valence-corrected chi connectivity index (χ3v) is 3.48. The van der Waals surface area contributed by atoms with E-state index in [9.17, 15) is 9.59 Å². The van der Waals surface area contributed by atoms with Gasteiger partial charge in [0.1, 0.15) is 11.4 Å². The van der Waals surface area contributed by atoms with E-state index in [1.807, 2.05) is 6.07 Å². The fraction of sp³-hybridized carbons (Fsp3) is 0.429. The van der Waals surface area contributed by atoms with Crippen LogP contribution in [0.1, 0.15) is 33.3 Å². The third kappa shape index (κ3) is 2.62. The van der Waals surface area contributed by atoms with Gasteiger partial charge in [0.2, 0.25) is 12.2 Å². The molecule has 0 amide bonds. The molecule has 0 N–H and O–H groups in total. The van der Waals surface area contributed by atoms with Gasteiger partial charge in [-0.1, -0.05) is 39.8 Å². The average Bonchev–Trinajstić information content (AvgIpc) is 2.31. The maximum atomic E-state index is 10.5. The van der Waals surface area contributed by atoms with Crippen LogP contribution in [-0.4, -0.2) is 12.2 Å². The molecule has 1 aromatic carbocycles. The first-order valence-corrected chi connectivity index (χ1v) is 5.74. The van der Waals surface area contributed by atoms with Crippen molar-refractivity contribution >= 4 is 23.5 Å². The highest BCUT2D eigenvalue weighted by Gasteiger charge is 2.28. The van der Waals surface area contributed by atoms with Crippen molar-refractivity contribution in [1.29, 1.82) is 0 Å². The van der Waals surface area contributed by atoms with Crippen LogP contribution in [0.25, 0.3) is 0 Å². The van der Waals surface area contributed by atoms with E-state index in [0.29, 0.717) is 17.3 Å². The SMILES string of the molecule is CC(C)C(C)(C)c1cccc(N=C=O)c1N=C=O. The van der Waals surface area contributed by atoms with E-state index in [1.54, 1.807) is 12.1 Å². The van der Waals surface area contributed by atoms with E-state index in [0.717, 1.165) is 5.56 Å². The summed E-state index contributed by atoms with van der Waals surface area (Å²) >= 11 is 0. The Morgan fingerprint density at radius 1 is 1.11 bits per heavy atom. The molecule has 0 spiro atoms. The maximum absolute atomic E-state index is 10.5. The molecule has 0 atom stereocenters. The molecule has 94 valence electrons. The molecule has 0 unspecified atom stereocenters. The van der Waals surface area contributed by atoms with Crippen molar-refractivity contribution in [3.8, 4) is 0 Å². The molecule has 0 saturated carbocycles. The lowest BCUT2D eigenvalue weighted by Gasteiger charge is -2.31. The van der Waals surface area contributed by atoms with Gasteiger partial charge in [-0.05, 0) is 23.0 Å². The van der Waals surface area contributed by atoms with E-state index in [4.69, 9.17) is 0 Å². The van der Waals surface area contributed by atoms with Crippen molar-refractivity contribution in [3.05, 3.63) is 23.8 Å². The summed E-state index contributed by atoms with van der Waals surface area (Å²) in [5, 5.41) is 0. The minimum Gasteiger partial charge on any atom is -0.211 e. The number of hydrogen-bond donors (Lipinski definition) is 0. The van der Waals surface area contributed by atoms with Gasteiger partial charge in [0.15, 0.2) is 0 Å². The molecule has 0 aliphatic rings. The Kier molecular flexibility index (Phi) is 4.33. The fourth-order valence-corrected chi connectivity index (χ4v) is 1.66. The van der Waals surface area contributed by atoms with Gasteiger partial charge in [0, 0.05) is 0 Å². The normalized spacial score (nSPS) is 10.7. The molecule has 1 rings (SSSR count). The summed E-state index contributed by atoms with van der Waals surface area (Å²) in [5.41, 5.74) is 1.43. The summed E-state index contributed by atoms with van der Waals surface area (Å²) in [6, 6.07) is 5.31. The van der Waals surface area contributed by atoms with Crippen molar-refractivity contribution in [2.45, 2.75) is 33.1 Å². The summed E-state index contributed by atoms with van der Waals surface area (Å²) in [6.45, 7) is 8.30. The molecular weight excluding hydrogens is 228 g/mol. The number of isocyanates is 2. The molecule has 0 heterocycles. The summed E-state index contributed by atoms with van der Waals surface area (Å²) in [5.74, 6) is 0.341. The van der Waals surface area contributed by atoms with Gasteiger partial charge in [0.25, 0.3) is 0 Å². The van der Waals surface area contributed by atoms with Gasteiger partial charge in [-0.25, -0.2) is 9.59 Å². The van der Waals surface area contributed by atoms with E-state index in [2.05, 4.69) is 37.7 Å². The van der Waals surface area contributed by atoms with Gasteiger partial charge in [0.05, 0.1) is 0 Å². The number of para-hydroxylation sites is 1. The van der Waals surface area contributed by atoms with Gasteiger partial charge >= 0.3 is 0 Å². The molecule has 0 aliphatic heterocycles. The standard InChI is InChI=1S/C14H16N2O2/c1-10(2)14(3,4)11-6-5-7-12(15-8-17)13(11)16-9-18/h5-7,10H,1-4H3. The minimum atomic E-state index is -0.190. The van der Waals surface area contributed by atoms with E-state index in [1.165, 1.54) is 12.2 Å². The minimum absolute atomic E-state index is 0.190. The highest BCUT2D eigenvalue weighted by Crippen LogP contribution is 2.41. The smallest absolute Gasteiger partial charge is 0.211 e. The molecule has 0 saturated heterocycles. The van der Waals surface area contributed by atoms with Crippen molar-refractivity contribution in [1.82, 2.24) is 0 Å². The molecule has 0 radical (unpaired) electrons. The molecule has 0 fully saturated rings. The molecule has 0 bridgehead atoms. The molecule has 0 aliphatic carbocycles. The van der Waals surface area contributed by atoms with Gasteiger partial charge in [-0.3, -0.25) is 0 Å². The zero-order chi connectivity index (χ0) is 13.8. The van der Waals surface area contributed by atoms with Crippen LogP contribution in [-0.2, 0) is 15.0 Å². The Bertz CT molecular complexity index is 535. The number of carbonyl (C=O) groups excluding carboxylic acids is 2. The van der Waals surface area contributed by atoms with E-state index >= 15 is 0 Å². The summed E-state index contributed by atoms with van der Waals surface area (Å²) in [7, 11) is 0. The molecule has 18 heavy (non-hydrogen) atoms. The van der Waals surface area contributed by atoms with Crippen molar-refractivity contribution in [3.63, 3.8) is 0 Å². The maximum Gasteiger partial charge on any atom is 0.240 e. The van der Waals surface area contributed by atoms with Crippen LogP contribution < -0.4 is 0 Å². The van der Waals surface area contributed by atoms with Crippen LogP contribution >= 0.6 is 0 Å². The molecule has 4 heteroatoms. The first-order chi connectivity index (χ1) is 8.45. The second-order valence-electron chi connectivity index (χ2n) is 4.96. The number of nitrogens with zero attached hydrogens (tertiary/aromatic N) is 2. The molecular formula is C14H16N2O2. The average molecular weight is 244 g/mol. The number of rotatable bonds is 4. The first kappa shape index (κ1) is 14.0. The quantitative estimate of drug-likeness (QED) is 0.600. The first-order valence-electron chi connectivity index (χ1n) is 5.74. The van der Waals surface area contributed by atoms with E-state index < -0.39 is 0 Å². The van der Waals surface area contributed by atoms with Crippen LogP contribution in [0, 0.1) is 5.92 Å². The topological polar surface area (TPSA) is 58.9 Å². The number of aliphatic imine (C=N–C) groups is 2. The second kappa shape index (κ2) is 5.54. The number of hydrogen-bond acceptors (Lipinski definition) is 4. The predicted octanol–water partition coefficient (Wildman–Crippen LogP) is 3.55. The Labute approximate surface area is 106 Å². The van der Waals surface area contributed by atoms with Gasteiger partial charge in [-0.2, -0.15) is 9.98 Å². The number of benzene rings is 1. The van der Waals surface area contributed by atoms with Crippen LogP contribution in [0.2, 0.25) is 0 Å². The Morgan fingerprint density at radius 2 is 1.72 bits per heavy atom. The predicted molar refractivity (Wildman–Crippen MR) is 69.9 cm³/mol. The van der Waals surface area contributed by atoms with Crippen molar-refractivity contribution in [2.24, 2.45) is 15.9 Å². The summed E-state index contributed by atoms with van der Waals surface area (Å²) in [6.07, 6.45) is 3.00. The highest BCUT2D eigenvalue weighted by molar-refractivity contribution is 5.72. The largest absolute Gasteiger partial charge is 0.240 e. The monoisotopic (exact) mass is 244 g/mol. The summed E-state index contributed by atoms with van der Waals surface area (Å²) in [4.78, 5) is 28.2. The van der Waals surface area contributed by atoms with Crippen LogP contribution in [0.15, 0.2) is 28.2 Å². The zero-order valence-electron chi connectivity index (χ0n) is 11.0. The van der Waals surface area contributed by atoms with Crippen LogP contribution in [0.5, 0.6) is 0 Å². The van der Waals surface area contributed by atoms with E-state index in [-0.39, 0.29) is 5.41 Å². The second-order valence-corrected chi connectivity index (χ2v) is 4.96. The summed E-state index contributed by atoms with van der Waals surface area (Å²) < 4.78 is 0. The lowest BCUT2D eigenvalue weighted by molar-refractivity contribution is 0.373. The third-order valence-electron chi connectivity index (χ3n) is 3.48. The Hall–Kier alpha value is -2.02. The lowest BCUT2D eigenvalue weighted by Crippen LogP contribution is -2.24. The van der Waals surface area contributed by atoms with Crippen LogP contribution in [0.3, 0.4) is 0 Å². The van der Waals surface area contributed by atoms with Gasteiger partial charge in [-0.15, -0.1) is 0 Å². The Morgan fingerprint density at radius 3 is 2.22 bits per heavy atom. The van der Waals surface area contributed by atoms with Crippen LogP contribution in [0.4, 0.5) is 11.4 Å². The van der Waals surface area contributed by atoms with Crippen molar-refractivity contribution in [2.75, 3.05) is 0 Å². The zero-order valence-corrected chi connectivity index (χ0v) is 11.0. The highest BCUT2D eigenvalue weighted by atomic mass is 16.1. The lowest BCUT2D eigenvalue weighted by atomic mass is 9.74. The van der Waals surface area contributed by atoms with Crippen molar-refractivity contribution < 1.29 is 9.59 Å². The molecule has 1 aromatic rings.